The largest absolute Gasteiger partial charge is 0.389 e. The van der Waals surface area contributed by atoms with Gasteiger partial charge in [-0.05, 0) is 17.8 Å². The smallest absolute Gasteiger partial charge is 0.171 e. The maximum Gasteiger partial charge on any atom is 0.389 e. The van der Waals surface area contributed by atoms with Gasteiger partial charge in [0.1, 0.15) is 0 Å². The predicted octanol–water partition coefficient (Wildman–Crippen LogP) is 3.77. The molecule has 2 atom stereocenters. The van der Waals surface area contributed by atoms with Crippen LogP contribution in [0.5, 0.6) is 0 Å². The molecule has 1 aliphatic rings. The lowest BCUT2D eigenvalue weighted by Gasteiger charge is -2.30. The van der Waals surface area contributed by atoms with Gasteiger partial charge in [-0.15, -0.1) is 0 Å². The Morgan fingerprint density at radius 3 is 2.33 bits per heavy atom. The molecule has 2 unspecified atom stereocenters. The molecule has 0 aromatic heterocycles. The lowest BCUT2D eigenvalue weighted by molar-refractivity contribution is -0.160. The molecular weight excluding hydrogens is 165 g/mol. The molecule has 0 heterocycles. The maximum atomic E-state index is 12.1. The minimum absolute atomic E-state index is 0.221. The molecule has 1 fully saturated rings. The van der Waals surface area contributed by atoms with Crippen molar-refractivity contribution < 1.29 is 13.2 Å². The fourth-order valence-corrected chi connectivity index (χ4v) is 2.13. The standard InChI is InChI=1S/C9H15F3/c1-7-4-3-5-8(7,2)6-9(10,11)12/h7H,3-6H2,1-2H3. The third-order valence-electron chi connectivity index (χ3n) is 3.18. The molecular formula is C9H15F3. The summed E-state index contributed by atoms with van der Waals surface area (Å²) >= 11 is 0. The molecule has 0 N–H and O–H groups in total. The number of hydrogen-bond acceptors (Lipinski definition) is 0. The molecule has 0 bridgehead atoms. The third-order valence-corrected chi connectivity index (χ3v) is 3.18. The van der Waals surface area contributed by atoms with E-state index in [4.69, 9.17) is 0 Å². The summed E-state index contributed by atoms with van der Waals surface area (Å²) in [6, 6.07) is 0. The molecule has 72 valence electrons. The molecule has 0 radical (unpaired) electrons. The Labute approximate surface area is 71.1 Å². The highest BCUT2D eigenvalue weighted by Crippen LogP contribution is 2.49. The first-order valence-electron chi connectivity index (χ1n) is 4.40. The van der Waals surface area contributed by atoms with E-state index >= 15 is 0 Å². The van der Waals surface area contributed by atoms with E-state index in [-0.39, 0.29) is 5.92 Å². The highest BCUT2D eigenvalue weighted by atomic mass is 19.4. The first-order chi connectivity index (χ1) is 5.33. The third kappa shape index (κ3) is 2.14. The lowest BCUT2D eigenvalue weighted by Crippen LogP contribution is -2.27. The second-order valence-corrected chi connectivity index (χ2v) is 4.24. The summed E-state index contributed by atoms with van der Waals surface area (Å²) < 4.78 is 36.4. The average Bonchev–Trinajstić information content (AvgIpc) is 2.08. The van der Waals surface area contributed by atoms with Crippen molar-refractivity contribution in [3.05, 3.63) is 0 Å². The molecule has 0 aromatic carbocycles. The summed E-state index contributed by atoms with van der Waals surface area (Å²) in [6.07, 6.45) is -1.97. The second kappa shape index (κ2) is 2.93. The number of hydrogen-bond donors (Lipinski definition) is 0. The Balaban J connectivity index is 2.60. The van der Waals surface area contributed by atoms with Crippen molar-refractivity contribution in [3.63, 3.8) is 0 Å². The first kappa shape index (κ1) is 9.87. The van der Waals surface area contributed by atoms with E-state index in [2.05, 4.69) is 0 Å². The van der Waals surface area contributed by atoms with Gasteiger partial charge in [-0.1, -0.05) is 26.7 Å². The summed E-state index contributed by atoms with van der Waals surface area (Å²) in [7, 11) is 0. The zero-order chi connectivity index (χ0) is 9.41. The van der Waals surface area contributed by atoms with Crippen molar-refractivity contribution in [1.82, 2.24) is 0 Å². The molecule has 1 rings (SSSR count). The Morgan fingerprint density at radius 1 is 1.42 bits per heavy atom. The van der Waals surface area contributed by atoms with Crippen LogP contribution in [0.1, 0.15) is 39.5 Å². The van der Waals surface area contributed by atoms with Gasteiger partial charge in [-0.2, -0.15) is 13.2 Å². The lowest BCUT2D eigenvalue weighted by atomic mass is 9.78. The molecule has 3 heteroatoms. The number of rotatable bonds is 1. The van der Waals surface area contributed by atoms with Gasteiger partial charge >= 0.3 is 6.18 Å². The minimum atomic E-state index is -3.99. The predicted molar refractivity (Wildman–Crippen MR) is 41.8 cm³/mol. The van der Waals surface area contributed by atoms with Crippen LogP contribution < -0.4 is 0 Å². The van der Waals surface area contributed by atoms with Crippen LogP contribution >= 0.6 is 0 Å². The van der Waals surface area contributed by atoms with Crippen LogP contribution in [0.4, 0.5) is 13.2 Å². The van der Waals surface area contributed by atoms with Crippen molar-refractivity contribution in [3.8, 4) is 0 Å². The molecule has 0 aliphatic heterocycles. The van der Waals surface area contributed by atoms with Gasteiger partial charge in [0.15, 0.2) is 0 Å². The van der Waals surface area contributed by atoms with E-state index in [1.165, 1.54) is 0 Å². The summed E-state index contributed by atoms with van der Waals surface area (Å²) in [5.74, 6) is 0.221. The normalized spacial score (nSPS) is 37.2. The zero-order valence-electron chi connectivity index (χ0n) is 7.54. The molecule has 1 aliphatic carbocycles. The molecule has 1 saturated carbocycles. The summed E-state index contributed by atoms with van der Waals surface area (Å²) in [6.45, 7) is 3.69. The Kier molecular flexibility index (Phi) is 2.41. The fraction of sp³-hybridized carbons (Fsp3) is 1.00. The average molecular weight is 180 g/mol. The van der Waals surface area contributed by atoms with Crippen LogP contribution in [0.2, 0.25) is 0 Å². The van der Waals surface area contributed by atoms with E-state index in [9.17, 15) is 13.2 Å². The van der Waals surface area contributed by atoms with Gasteiger partial charge in [0.2, 0.25) is 0 Å². The summed E-state index contributed by atoms with van der Waals surface area (Å²) in [4.78, 5) is 0. The van der Waals surface area contributed by atoms with Crippen LogP contribution in [0, 0.1) is 11.3 Å². The van der Waals surface area contributed by atoms with E-state index < -0.39 is 18.0 Å². The second-order valence-electron chi connectivity index (χ2n) is 4.24. The van der Waals surface area contributed by atoms with Crippen molar-refractivity contribution in [1.29, 1.82) is 0 Å². The van der Waals surface area contributed by atoms with E-state index in [0.717, 1.165) is 19.3 Å². The van der Waals surface area contributed by atoms with Crippen LogP contribution in [0.15, 0.2) is 0 Å². The van der Waals surface area contributed by atoms with E-state index in [1.807, 2.05) is 6.92 Å². The van der Waals surface area contributed by atoms with Crippen LogP contribution in [-0.2, 0) is 0 Å². The highest BCUT2D eigenvalue weighted by molar-refractivity contribution is 4.87. The quantitative estimate of drug-likeness (QED) is 0.576. The number of halogens is 3. The van der Waals surface area contributed by atoms with Gasteiger partial charge in [0, 0.05) is 6.42 Å². The molecule has 0 saturated heterocycles. The van der Waals surface area contributed by atoms with Crippen molar-refractivity contribution in [2.75, 3.05) is 0 Å². The van der Waals surface area contributed by atoms with Crippen LogP contribution in [-0.4, -0.2) is 6.18 Å². The van der Waals surface area contributed by atoms with Gasteiger partial charge in [-0.3, -0.25) is 0 Å². The maximum absolute atomic E-state index is 12.1. The molecule has 0 amide bonds. The Morgan fingerprint density at radius 2 is 2.00 bits per heavy atom. The first-order valence-corrected chi connectivity index (χ1v) is 4.40. The van der Waals surface area contributed by atoms with Gasteiger partial charge in [-0.25, -0.2) is 0 Å². The topological polar surface area (TPSA) is 0 Å². The fourth-order valence-electron chi connectivity index (χ4n) is 2.13. The van der Waals surface area contributed by atoms with Crippen LogP contribution in [0.25, 0.3) is 0 Å². The van der Waals surface area contributed by atoms with E-state index in [0.29, 0.717) is 0 Å². The van der Waals surface area contributed by atoms with Crippen molar-refractivity contribution in [2.24, 2.45) is 11.3 Å². The number of alkyl halides is 3. The minimum Gasteiger partial charge on any atom is -0.171 e. The Bertz CT molecular complexity index is 162. The van der Waals surface area contributed by atoms with E-state index in [1.54, 1.807) is 6.92 Å². The Hall–Kier alpha value is -0.210. The molecule has 0 aromatic rings. The molecule has 0 nitrogen and oxygen atoms in total. The molecule has 12 heavy (non-hydrogen) atoms. The zero-order valence-corrected chi connectivity index (χ0v) is 7.54. The van der Waals surface area contributed by atoms with Gasteiger partial charge in [0.25, 0.3) is 0 Å². The monoisotopic (exact) mass is 180 g/mol. The van der Waals surface area contributed by atoms with Crippen molar-refractivity contribution in [2.45, 2.75) is 45.7 Å². The summed E-state index contributed by atoms with van der Waals surface area (Å²) in [5.41, 5.74) is -0.488. The van der Waals surface area contributed by atoms with Crippen LogP contribution in [0.3, 0.4) is 0 Å². The summed E-state index contributed by atoms with van der Waals surface area (Å²) in [5, 5.41) is 0. The van der Waals surface area contributed by atoms with Crippen molar-refractivity contribution >= 4 is 0 Å². The SMILES string of the molecule is CC1CCCC1(C)CC(F)(F)F. The molecule has 0 spiro atoms. The van der Waals surface area contributed by atoms with Gasteiger partial charge in [0.05, 0.1) is 0 Å². The van der Waals surface area contributed by atoms with Gasteiger partial charge < -0.3 is 0 Å². The highest BCUT2D eigenvalue weighted by Gasteiger charge is 2.44.